The lowest BCUT2D eigenvalue weighted by Gasteiger charge is -2.03. The van der Waals surface area contributed by atoms with Crippen molar-refractivity contribution in [3.63, 3.8) is 0 Å². The van der Waals surface area contributed by atoms with Gasteiger partial charge in [0, 0.05) is 12.4 Å². The molecule has 0 saturated carbocycles. The summed E-state index contributed by atoms with van der Waals surface area (Å²) in [7, 11) is 0. The van der Waals surface area contributed by atoms with Crippen molar-refractivity contribution in [1.82, 2.24) is 25.0 Å². The van der Waals surface area contributed by atoms with Gasteiger partial charge in [0.1, 0.15) is 23.8 Å². The molecule has 0 aliphatic rings. The Labute approximate surface area is 126 Å². The summed E-state index contributed by atoms with van der Waals surface area (Å²) in [4.78, 5) is 8.07. The van der Waals surface area contributed by atoms with Crippen molar-refractivity contribution in [3.8, 4) is 11.7 Å². The first-order valence-corrected chi connectivity index (χ1v) is 6.71. The topological polar surface area (TPSA) is 65.7 Å². The molecule has 7 heteroatoms. The molecule has 2 aromatic heterocycles. The molecule has 0 spiro atoms. The molecule has 0 aliphatic heterocycles. The number of hydrogen-bond acceptors (Lipinski definition) is 5. The fourth-order valence-corrected chi connectivity index (χ4v) is 1.87. The van der Waals surface area contributed by atoms with E-state index in [9.17, 15) is 4.39 Å². The summed E-state index contributed by atoms with van der Waals surface area (Å²) in [5.41, 5.74) is 2.81. The molecule has 0 radical (unpaired) electrons. The van der Waals surface area contributed by atoms with Crippen molar-refractivity contribution in [2.24, 2.45) is 0 Å². The molecular weight excluding hydrogens is 285 g/mol. The van der Waals surface area contributed by atoms with Crippen LogP contribution in [-0.2, 0) is 6.61 Å². The fraction of sp³-hybridized carbons (Fsp3) is 0.200. The number of nitrogens with zero attached hydrogens (tertiary/aromatic N) is 5. The minimum absolute atomic E-state index is 0.163. The van der Waals surface area contributed by atoms with Gasteiger partial charge in [-0.05, 0) is 37.1 Å². The average molecular weight is 299 g/mol. The van der Waals surface area contributed by atoms with Crippen molar-refractivity contribution in [2.75, 3.05) is 0 Å². The van der Waals surface area contributed by atoms with Crippen molar-refractivity contribution in [3.05, 3.63) is 59.4 Å². The quantitative estimate of drug-likeness (QED) is 0.740. The number of halogens is 1. The summed E-state index contributed by atoms with van der Waals surface area (Å²) in [6, 6.07) is 5.08. The van der Waals surface area contributed by atoms with Crippen LogP contribution in [0.5, 0.6) is 6.01 Å². The van der Waals surface area contributed by atoms with Crippen LogP contribution in [0.1, 0.15) is 16.8 Å². The summed E-state index contributed by atoms with van der Waals surface area (Å²) in [5, 5.41) is 7.88. The first kappa shape index (κ1) is 14.1. The van der Waals surface area contributed by atoms with Crippen LogP contribution in [-0.4, -0.2) is 25.0 Å². The van der Waals surface area contributed by atoms with E-state index in [-0.39, 0.29) is 18.4 Å². The molecule has 0 saturated heterocycles. The monoisotopic (exact) mass is 299 g/mol. The molecule has 22 heavy (non-hydrogen) atoms. The van der Waals surface area contributed by atoms with Crippen LogP contribution in [0.15, 0.2) is 36.8 Å². The molecule has 0 fully saturated rings. The maximum absolute atomic E-state index is 13.8. The number of aromatic nitrogens is 5. The van der Waals surface area contributed by atoms with E-state index in [1.807, 2.05) is 13.8 Å². The molecule has 6 nitrogen and oxygen atoms in total. The highest BCUT2D eigenvalue weighted by molar-refractivity contribution is 5.36. The van der Waals surface area contributed by atoms with E-state index in [0.717, 1.165) is 11.1 Å². The van der Waals surface area contributed by atoms with Crippen LogP contribution >= 0.6 is 0 Å². The number of aryl methyl sites for hydroxylation is 2. The normalized spacial score (nSPS) is 10.7. The maximum Gasteiger partial charge on any atom is 0.316 e. The summed E-state index contributed by atoms with van der Waals surface area (Å²) in [6.07, 6.45) is 4.95. The van der Waals surface area contributed by atoms with Crippen LogP contribution < -0.4 is 4.74 Å². The van der Waals surface area contributed by atoms with Gasteiger partial charge >= 0.3 is 6.01 Å². The minimum atomic E-state index is -0.357. The average Bonchev–Trinajstić information content (AvgIpc) is 2.98. The Hall–Kier alpha value is -2.83. The molecule has 0 aliphatic carbocycles. The summed E-state index contributed by atoms with van der Waals surface area (Å²) < 4.78 is 20.6. The van der Waals surface area contributed by atoms with E-state index in [2.05, 4.69) is 20.3 Å². The van der Waals surface area contributed by atoms with Gasteiger partial charge in [-0.1, -0.05) is 11.3 Å². The largest absolute Gasteiger partial charge is 0.457 e. The van der Waals surface area contributed by atoms with Crippen molar-refractivity contribution in [1.29, 1.82) is 0 Å². The first-order valence-electron chi connectivity index (χ1n) is 6.71. The molecule has 112 valence electrons. The zero-order chi connectivity index (χ0) is 15.5. The Morgan fingerprint density at radius 2 is 1.91 bits per heavy atom. The third kappa shape index (κ3) is 3.08. The van der Waals surface area contributed by atoms with Crippen LogP contribution in [0.2, 0.25) is 0 Å². The highest BCUT2D eigenvalue weighted by Gasteiger charge is 2.09. The SMILES string of the molecule is Cc1cnc(OCc2cn(-c3cc(C)ccc3F)nn2)nc1. The van der Waals surface area contributed by atoms with Crippen molar-refractivity contribution in [2.45, 2.75) is 20.5 Å². The van der Waals surface area contributed by atoms with Gasteiger partial charge in [-0.25, -0.2) is 19.0 Å². The predicted octanol–water partition coefficient (Wildman–Crippen LogP) is 2.39. The van der Waals surface area contributed by atoms with Gasteiger partial charge in [0.15, 0.2) is 0 Å². The Morgan fingerprint density at radius 1 is 1.14 bits per heavy atom. The smallest absolute Gasteiger partial charge is 0.316 e. The van der Waals surface area contributed by atoms with E-state index in [4.69, 9.17) is 4.74 Å². The summed E-state index contributed by atoms with van der Waals surface area (Å²) in [6.45, 7) is 3.95. The highest BCUT2D eigenvalue weighted by atomic mass is 19.1. The Balaban J connectivity index is 1.73. The van der Waals surface area contributed by atoms with Crippen LogP contribution in [0.4, 0.5) is 4.39 Å². The number of rotatable bonds is 4. The van der Waals surface area contributed by atoms with Crippen LogP contribution in [0.3, 0.4) is 0 Å². The molecule has 0 amide bonds. The van der Waals surface area contributed by atoms with Crippen molar-refractivity contribution >= 4 is 0 Å². The lowest BCUT2D eigenvalue weighted by atomic mass is 10.2. The number of hydrogen-bond donors (Lipinski definition) is 0. The minimum Gasteiger partial charge on any atom is -0.457 e. The molecule has 0 bridgehead atoms. The van der Waals surface area contributed by atoms with E-state index >= 15 is 0 Å². The summed E-state index contributed by atoms with van der Waals surface area (Å²) in [5.74, 6) is -0.357. The fourth-order valence-electron chi connectivity index (χ4n) is 1.87. The first-order chi connectivity index (χ1) is 10.6. The zero-order valence-electron chi connectivity index (χ0n) is 12.2. The van der Waals surface area contributed by atoms with Crippen LogP contribution in [0.25, 0.3) is 5.69 Å². The maximum atomic E-state index is 13.8. The molecule has 3 aromatic rings. The standard InChI is InChI=1S/C15H14FN5O/c1-10-3-4-13(16)14(5-10)21-8-12(19-20-21)9-22-15-17-6-11(2)7-18-15/h3-8H,9H2,1-2H3. The van der Waals surface area contributed by atoms with Gasteiger partial charge in [-0.3, -0.25) is 0 Å². The molecule has 0 N–H and O–H groups in total. The molecule has 0 atom stereocenters. The van der Waals surface area contributed by atoms with Gasteiger partial charge in [0.25, 0.3) is 0 Å². The highest BCUT2D eigenvalue weighted by Crippen LogP contribution is 2.14. The Morgan fingerprint density at radius 3 is 2.68 bits per heavy atom. The molecule has 0 unspecified atom stereocenters. The predicted molar refractivity (Wildman–Crippen MR) is 77.2 cm³/mol. The third-order valence-corrected chi connectivity index (χ3v) is 3.00. The second-order valence-electron chi connectivity index (χ2n) is 4.94. The lowest BCUT2D eigenvalue weighted by molar-refractivity contribution is 0.276. The lowest BCUT2D eigenvalue weighted by Crippen LogP contribution is -2.00. The van der Waals surface area contributed by atoms with Gasteiger partial charge < -0.3 is 4.74 Å². The summed E-state index contributed by atoms with van der Waals surface area (Å²) >= 11 is 0. The molecule has 3 rings (SSSR count). The van der Waals surface area contributed by atoms with Gasteiger partial charge in [0.05, 0.1) is 6.20 Å². The van der Waals surface area contributed by atoms with E-state index < -0.39 is 0 Å². The Bertz CT molecular complexity index is 785. The zero-order valence-corrected chi connectivity index (χ0v) is 12.2. The van der Waals surface area contributed by atoms with Crippen molar-refractivity contribution < 1.29 is 9.13 Å². The second kappa shape index (κ2) is 5.88. The molecule has 1 aromatic carbocycles. The van der Waals surface area contributed by atoms with Gasteiger partial charge in [-0.2, -0.15) is 0 Å². The third-order valence-electron chi connectivity index (χ3n) is 3.00. The number of benzene rings is 1. The van der Waals surface area contributed by atoms with E-state index in [1.54, 1.807) is 30.7 Å². The van der Waals surface area contributed by atoms with E-state index in [1.165, 1.54) is 10.7 Å². The van der Waals surface area contributed by atoms with E-state index in [0.29, 0.717) is 11.4 Å². The van der Waals surface area contributed by atoms with Crippen LogP contribution in [0, 0.1) is 19.7 Å². The number of ether oxygens (including phenoxy) is 1. The Kier molecular flexibility index (Phi) is 3.78. The van der Waals surface area contributed by atoms with Gasteiger partial charge in [0.2, 0.25) is 0 Å². The molecular formula is C15H14FN5O. The second-order valence-corrected chi connectivity index (χ2v) is 4.94. The molecule has 2 heterocycles. The van der Waals surface area contributed by atoms with Gasteiger partial charge in [-0.15, -0.1) is 5.10 Å².